The zero-order chi connectivity index (χ0) is 47.8. The third kappa shape index (κ3) is 11.6. The number of nitrogens with one attached hydrogen (secondary N) is 3. The van der Waals surface area contributed by atoms with Gasteiger partial charge in [0, 0.05) is 44.7 Å². The summed E-state index contributed by atoms with van der Waals surface area (Å²) in [6.45, 7) is 4.12. The van der Waals surface area contributed by atoms with Crippen molar-refractivity contribution in [1.29, 1.82) is 0 Å². The molecule has 2 unspecified atom stereocenters. The fraction of sp³-hybridized carbons (Fsp3) is 0.511. The van der Waals surface area contributed by atoms with Gasteiger partial charge in [-0.25, -0.2) is 17.2 Å². The minimum atomic E-state index is -4.60. The number of nitrogens with zero attached hydrogens (tertiary/aromatic N) is 2. The van der Waals surface area contributed by atoms with Crippen molar-refractivity contribution in [3.8, 4) is 5.75 Å². The van der Waals surface area contributed by atoms with Gasteiger partial charge in [0.2, 0.25) is 23.5 Å². The van der Waals surface area contributed by atoms with Gasteiger partial charge >= 0.3 is 5.92 Å². The molecule has 2 heterocycles. The van der Waals surface area contributed by atoms with E-state index in [-0.39, 0.29) is 43.5 Å². The molecule has 358 valence electrons. The number of hydrogen-bond donors (Lipinski definition) is 3. The third-order valence-corrected chi connectivity index (χ3v) is 14.8. The van der Waals surface area contributed by atoms with Crippen molar-refractivity contribution in [2.45, 2.75) is 92.8 Å². The minimum absolute atomic E-state index is 0.118. The van der Waals surface area contributed by atoms with E-state index in [0.29, 0.717) is 50.5 Å². The average Bonchev–Trinajstić information content (AvgIpc) is 3.98. The summed E-state index contributed by atoms with van der Waals surface area (Å²) in [5, 5.41) is 5.77. The molecule has 19 heteroatoms. The van der Waals surface area contributed by atoms with Crippen molar-refractivity contribution in [3.63, 3.8) is 0 Å². The molecule has 1 aliphatic carbocycles. The zero-order valence-corrected chi connectivity index (χ0v) is 38.0. The lowest BCUT2D eigenvalue weighted by Crippen LogP contribution is -2.60. The fourth-order valence-corrected chi connectivity index (χ4v) is 10.8. The van der Waals surface area contributed by atoms with E-state index in [2.05, 4.69) is 16.0 Å². The third-order valence-electron chi connectivity index (χ3n) is 12.8. The molecule has 3 aromatic carbocycles. The molecule has 4 amide bonds. The van der Waals surface area contributed by atoms with Crippen molar-refractivity contribution in [1.82, 2.24) is 25.8 Å². The average molecular weight is 944 g/mol. The van der Waals surface area contributed by atoms with Crippen LogP contribution in [0.15, 0.2) is 72.8 Å². The summed E-state index contributed by atoms with van der Waals surface area (Å²) in [6, 6.07) is 12.0. The van der Waals surface area contributed by atoms with Crippen LogP contribution in [0.3, 0.4) is 0 Å². The number of likely N-dealkylation sites (tertiary alicyclic amines) is 1. The number of hydrogen-bond acceptors (Lipinski definition) is 10. The molecule has 2 aliphatic heterocycles. The van der Waals surface area contributed by atoms with Gasteiger partial charge < -0.3 is 30.3 Å². The molecular weight excluding hydrogens is 887 g/mol. The molecule has 1 saturated carbocycles. The van der Waals surface area contributed by atoms with Crippen LogP contribution in [0.25, 0.3) is 0 Å². The van der Waals surface area contributed by atoms with Crippen LogP contribution in [-0.2, 0) is 56.1 Å². The van der Waals surface area contributed by atoms with Gasteiger partial charge in [-0.3, -0.25) is 28.9 Å². The SMILES string of the molecule is COc1ccc(CS(=O)(=O)[C@@H]2C[C@@H](C(=O)NC(C(=O)C(F)(F)C(=O)NCCN3CCOCC3)C(C)C)N(C(=O)C(Cc3cccc(F)c3)NC(=O)C3(c4ccccc4F)CCCC3)C2)cc1. The maximum atomic E-state index is 15.7. The Morgan fingerprint density at radius 3 is 2.23 bits per heavy atom. The van der Waals surface area contributed by atoms with Crippen molar-refractivity contribution in [3.05, 3.63) is 101 Å². The Balaban J connectivity index is 1.31. The second-order valence-electron chi connectivity index (χ2n) is 17.5. The van der Waals surface area contributed by atoms with Crippen LogP contribution in [0, 0.1) is 17.6 Å². The highest BCUT2D eigenvalue weighted by Gasteiger charge is 2.53. The largest absolute Gasteiger partial charge is 0.497 e. The van der Waals surface area contributed by atoms with Crippen LogP contribution in [0.1, 0.15) is 62.6 Å². The minimum Gasteiger partial charge on any atom is -0.497 e. The number of rotatable bonds is 19. The second-order valence-corrected chi connectivity index (χ2v) is 19.8. The van der Waals surface area contributed by atoms with Crippen molar-refractivity contribution in [2.75, 3.05) is 53.0 Å². The van der Waals surface area contributed by atoms with Gasteiger partial charge in [0.15, 0.2) is 9.84 Å². The van der Waals surface area contributed by atoms with Crippen LogP contribution in [0.2, 0.25) is 0 Å². The van der Waals surface area contributed by atoms with E-state index in [1.165, 1.54) is 69.5 Å². The maximum Gasteiger partial charge on any atom is 0.383 e. The molecule has 4 atom stereocenters. The Morgan fingerprint density at radius 1 is 0.909 bits per heavy atom. The number of Topliss-reactive ketones (excluding diaryl/α,β-unsaturated/α-hetero) is 1. The molecule has 3 fully saturated rings. The number of morpholine rings is 1. The van der Waals surface area contributed by atoms with Gasteiger partial charge in [0.1, 0.15) is 29.5 Å². The number of amides is 4. The summed E-state index contributed by atoms with van der Waals surface area (Å²) >= 11 is 0. The summed E-state index contributed by atoms with van der Waals surface area (Å²) in [7, 11) is -2.75. The topological polar surface area (TPSA) is 181 Å². The monoisotopic (exact) mass is 943 g/mol. The lowest BCUT2D eigenvalue weighted by molar-refractivity contribution is -0.161. The smallest absolute Gasteiger partial charge is 0.383 e. The Bertz CT molecular complexity index is 2340. The van der Waals surface area contributed by atoms with Gasteiger partial charge in [-0.15, -0.1) is 0 Å². The van der Waals surface area contributed by atoms with Gasteiger partial charge in [-0.05, 0) is 66.6 Å². The molecular formula is C47H57F4N5O9S. The zero-order valence-electron chi connectivity index (χ0n) is 37.2. The number of alkyl halides is 2. The first-order chi connectivity index (χ1) is 31.4. The first-order valence-electron chi connectivity index (χ1n) is 22.1. The Labute approximate surface area is 382 Å². The highest BCUT2D eigenvalue weighted by atomic mass is 32.2. The lowest BCUT2D eigenvalue weighted by atomic mass is 9.77. The van der Waals surface area contributed by atoms with Gasteiger partial charge in [0.25, 0.3) is 5.91 Å². The molecule has 2 saturated heterocycles. The van der Waals surface area contributed by atoms with Crippen LogP contribution < -0.4 is 20.7 Å². The van der Waals surface area contributed by atoms with E-state index in [0.717, 1.165) is 11.0 Å². The van der Waals surface area contributed by atoms with Gasteiger partial charge in [-0.2, -0.15) is 8.78 Å². The Kier molecular flexibility index (Phi) is 16.3. The van der Waals surface area contributed by atoms with E-state index in [1.807, 2.05) is 4.90 Å². The van der Waals surface area contributed by atoms with Crippen molar-refractivity contribution in [2.24, 2.45) is 5.92 Å². The number of carbonyl (C=O) groups excluding carboxylic acids is 5. The lowest BCUT2D eigenvalue weighted by Gasteiger charge is -2.34. The molecule has 3 N–H and O–H groups in total. The van der Waals surface area contributed by atoms with Crippen LogP contribution in [0.5, 0.6) is 5.75 Å². The molecule has 3 aromatic rings. The van der Waals surface area contributed by atoms with E-state index in [9.17, 15) is 32.0 Å². The standard InChI is InChI=1S/C47H57F4N5O9S/c1-30(2)40(41(57)47(50,51)45(61)52-19-20-55-21-23-65-24-22-55)54-42(58)39-27-35(66(62,63)29-31-13-15-34(64-3)16-14-31)28-56(39)43(59)38(26-32-9-8-10-33(48)25-32)53-44(60)46(17-6-7-18-46)36-11-4-5-12-37(36)49/h4-5,8-16,25,30,35,38-40H,6-7,17-24,26-29H2,1-3H3,(H,52,61)(H,53,60)(H,54,58)/t35-,38?,39+,40?/m1/s1. The number of halogens is 4. The predicted octanol–water partition coefficient (Wildman–Crippen LogP) is 3.89. The summed E-state index contributed by atoms with van der Waals surface area (Å²) < 4.78 is 100. The first-order valence-corrected chi connectivity index (χ1v) is 23.8. The fourth-order valence-electron chi connectivity index (χ4n) is 9.02. The number of ether oxygens (including phenoxy) is 2. The second kappa shape index (κ2) is 21.5. The van der Waals surface area contributed by atoms with Crippen molar-refractivity contribution >= 4 is 39.2 Å². The van der Waals surface area contributed by atoms with E-state index < -0.39 is 110 Å². The summed E-state index contributed by atoms with van der Waals surface area (Å²) in [6.07, 6.45) is 0.732. The van der Waals surface area contributed by atoms with E-state index in [1.54, 1.807) is 18.2 Å². The first kappa shape index (κ1) is 50.0. The quantitative estimate of drug-likeness (QED) is 0.118. The predicted molar refractivity (Wildman–Crippen MR) is 235 cm³/mol. The molecule has 0 spiro atoms. The maximum absolute atomic E-state index is 15.7. The molecule has 0 radical (unpaired) electrons. The van der Waals surface area contributed by atoms with Crippen LogP contribution in [-0.4, -0.2) is 130 Å². The normalized spacial score (nSPS) is 19.8. The molecule has 66 heavy (non-hydrogen) atoms. The highest BCUT2D eigenvalue weighted by molar-refractivity contribution is 7.91. The Hall–Kier alpha value is -5.40. The number of benzene rings is 3. The molecule has 0 bridgehead atoms. The summed E-state index contributed by atoms with van der Waals surface area (Å²) in [5.74, 6) is -13.6. The molecule has 6 rings (SSSR count). The molecule has 14 nitrogen and oxygen atoms in total. The van der Waals surface area contributed by atoms with E-state index >= 15 is 18.0 Å². The van der Waals surface area contributed by atoms with E-state index in [4.69, 9.17) is 9.47 Å². The number of methoxy groups -OCH3 is 1. The number of ketones is 1. The van der Waals surface area contributed by atoms with Crippen molar-refractivity contribution < 1.29 is 59.4 Å². The van der Waals surface area contributed by atoms with Crippen LogP contribution >= 0.6 is 0 Å². The van der Waals surface area contributed by atoms with Crippen LogP contribution in [0.4, 0.5) is 17.6 Å². The van der Waals surface area contributed by atoms with Gasteiger partial charge in [0.05, 0.1) is 42.8 Å². The highest BCUT2D eigenvalue weighted by Crippen LogP contribution is 2.43. The summed E-state index contributed by atoms with van der Waals surface area (Å²) in [5.41, 5.74) is -0.668. The van der Waals surface area contributed by atoms with Gasteiger partial charge in [-0.1, -0.05) is 69.2 Å². The number of carbonyl (C=O) groups is 5. The summed E-state index contributed by atoms with van der Waals surface area (Å²) in [4.78, 5) is 73.2. The Morgan fingerprint density at radius 2 is 1.59 bits per heavy atom. The number of sulfone groups is 1. The molecule has 3 aliphatic rings. The molecule has 0 aromatic heterocycles.